The second-order valence-electron chi connectivity index (χ2n) is 6.40. The standard InChI is InChI=1S/C15H30N2/c1-4-14-8-7-13(2)17(14)12-15(11-16-3)9-5-6-10-15/h13-14,16H,4-12H2,1-3H3. The Morgan fingerprint density at radius 3 is 2.53 bits per heavy atom. The van der Waals surface area contributed by atoms with Crippen molar-refractivity contribution in [3.05, 3.63) is 0 Å². The molecule has 1 aliphatic heterocycles. The molecule has 1 saturated heterocycles. The summed E-state index contributed by atoms with van der Waals surface area (Å²) in [5.41, 5.74) is 0.584. The first kappa shape index (κ1) is 13.4. The molecule has 1 heterocycles. The average Bonchev–Trinajstić information content (AvgIpc) is 2.89. The van der Waals surface area contributed by atoms with E-state index in [2.05, 4.69) is 31.1 Å². The summed E-state index contributed by atoms with van der Waals surface area (Å²) in [4.78, 5) is 2.82. The van der Waals surface area contributed by atoms with Crippen molar-refractivity contribution in [3.8, 4) is 0 Å². The van der Waals surface area contributed by atoms with Crippen LogP contribution in [0.15, 0.2) is 0 Å². The van der Waals surface area contributed by atoms with Gasteiger partial charge in [0, 0.05) is 25.2 Å². The number of rotatable bonds is 5. The lowest BCUT2D eigenvalue weighted by Gasteiger charge is -2.38. The van der Waals surface area contributed by atoms with Crippen molar-refractivity contribution < 1.29 is 0 Å². The Labute approximate surface area is 107 Å². The van der Waals surface area contributed by atoms with Crippen LogP contribution >= 0.6 is 0 Å². The van der Waals surface area contributed by atoms with Crippen LogP contribution in [0.2, 0.25) is 0 Å². The van der Waals surface area contributed by atoms with Gasteiger partial charge < -0.3 is 5.32 Å². The second-order valence-corrected chi connectivity index (χ2v) is 6.40. The van der Waals surface area contributed by atoms with Gasteiger partial charge in [0.15, 0.2) is 0 Å². The Balaban J connectivity index is 2.01. The Hall–Kier alpha value is -0.0800. The zero-order valence-corrected chi connectivity index (χ0v) is 12.0. The molecular weight excluding hydrogens is 208 g/mol. The number of hydrogen-bond donors (Lipinski definition) is 1. The molecule has 0 radical (unpaired) electrons. The normalized spacial score (nSPS) is 33.4. The SMILES string of the molecule is CCC1CCC(C)N1CC1(CNC)CCCC1. The number of hydrogen-bond acceptors (Lipinski definition) is 2. The topological polar surface area (TPSA) is 15.3 Å². The molecule has 2 rings (SSSR count). The van der Waals surface area contributed by atoms with Crippen molar-refractivity contribution in [2.75, 3.05) is 20.1 Å². The van der Waals surface area contributed by atoms with Gasteiger partial charge in [-0.15, -0.1) is 0 Å². The predicted octanol–water partition coefficient (Wildman–Crippen LogP) is 3.03. The molecule has 0 aromatic rings. The van der Waals surface area contributed by atoms with E-state index in [1.807, 2.05) is 0 Å². The third kappa shape index (κ3) is 2.85. The summed E-state index contributed by atoms with van der Waals surface area (Å²) in [5, 5.41) is 3.45. The smallest absolute Gasteiger partial charge is 0.00962 e. The van der Waals surface area contributed by atoms with Crippen molar-refractivity contribution in [3.63, 3.8) is 0 Å². The lowest BCUT2D eigenvalue weighted by atomic mass is 9.85. The predicted molar refractivity (Wildman–Crippen MR) is 74.3 cm³/mol. The molecule has 1 saturated carbocycles. The highest BCUT2D eigenvalue weighted by Crippen LogP contribution is 2.41. The van der Waals surface area contributed by atoms with Gasteiger partial charge in [0.1, 0.15) is 0 Å². The van der Waals surface area contributed by atoms with Gasteiger partial charge in [0.05, 0.1) is 0 Å². The molecular formula is C15H30N2. The number of nitrogens with one attached hydrogen (secondary N) is 1. The summed E-state index contributed by atoms with van der Waals surface area (Å²) >= 11 is 0. The van der Waals surface area contributed by atoms with Crippen LogP contribution < -0.4 is 5.32 Å². The van der Waals surface area contributed by atoms with Crippen LogP contribution in [-0.4, -0.2) is 37.1 Å². The van der Waals surface area contributed by atoms with Gasteiger partial charge in [-0.25, -0.2) is 0 Å². The van der Waals surface area contributed by atoms with Gasteiger partial charge in [0.25, 0.3) is 0 Å². The van der Waals surface area contributed by atoms with Gasteiger partial charge in [-0.1, -0.05) is 19.8 Å². The summed E-state index contributed by atoms with van der Waals surface area (Å²) in [6, 6.07) is 1.67. The second kappa shape index (κ2) is 5.71. The first-order valence-corrected chi connectivity index (χ1v) is 7.61. The number of nitrogens with zero attached hydrogens (tertiary/aromatic N) is 1. The minimum absolute atomic E-state index is 0.584. The fourth-order valence-corrected chi connectivity index (χ4v) is 4.13. The maximum absolute atomic E-state index is 3.45. The third-order valence-electron chi connectivity index (χ3n) is 5.16. The zero-order chi connectivity index (χ0) is 12.3. The minimum Gasteiger partial charge on any atom is -0.319 e. The summed E-state index contributed by atoms with van der Waals surface area (Å²) in [6.45, 7) is 7.34. The van der Waals surface area contributed by atoms with Crippen LogP contribution in [0.4, 0.5) is 0 Å². The van der Waals surface area contributed by atoms with Crippen LogP contribution in [0.3, 0.4) is 0 Å². The molecule has 0 spiro atoms. The van der Waals surface area contributed by atoms with Crippen LogP contribution in [-0.2, 0) is 0 Å². The molecule has 0 bridgehead atoms. The summed E-state index contributed by atoms with van der Waals surface area (Å²) in [6.07, 6.45) is 9.93. The molecule has 100 valence electrons. The van der Waals surface area contributed by atoms with Crippen molar-refractivity contribution >= 4 is 0 Å². The summed E-state index contributed by atoms with van der Waals surface area (Å²) < 4.78 is 0. The molecule has 2 aliphatic rings. The van der Waals surface area contributed by atoms with E-state index in [4.69, 9.17) is 0 Å². The quantitative estimate of drug-likeness (QED) is 0.792. The average molecular weight is 238 g/mol. The van der Waals surface area contributed by atoms with Crippen LogP contribution in [0.5, 0.6) is 0 Å². The zero-order valence-electron chi connectivity index (χ0n) is 12.0. The maximum atomic E-state index is 3.45. The first-order valence-electron chi connectivity index (χ1n) is 7.61. The van der Waals surface area contributed by atoms with Gasteiger partial charge in [0.2, 0.25) is 0 Å². The highest BCUT2D eigenvalue weighted by molar-refractivity contribution is 4.94. The Kier molecular flexibility index (Phi) is 4.48. The van der Waals surface area contributed by atoms with E-state index in [0.717, 1.165) is 12.1 Å². The molecule has 2 fully saturated rings. The minimum atomic E-state index is 0.584. The monoisotopic (exact) mass is 238 g/mol. The van der Waals surface area contributed by atoms with E-state index in [1.165, 1.54) is 58.0 Å². The molecule has 2 unspecified atom stereocenters. The van der Waals surface area contributed by atoms with Gasteiger partial charge in [-0.2, -0.15) is 0 Å². The summed E-state index contributed by atoms with van der Waals surface area (Å²) in [5.74, 6) is 0. The molecule has 2 atom stereocenters. The lowest BCUT2D eigenvalue weighted by Crippen LogP contribution is -2.46. The molecule has 1 N–H and O–H groups in total. The van der Waals surface area contributed by atoms with E-state index in [0.29, 0.717) is 5.41 Å². The number of likely N-dealkylation sites (tertiary alicyclic amines) is 1. The van der Waals surface area contributed by atoms with Crippen LogP contribution in [0, 0.1) is 5.41 Å². The molecule has 1 aliphatic carbocycles. The highest BCUT2D eigenvalue weighted by Gasteiger charge is 2.39. The van der Waals surface area contributed by atoms with Crippen LogP contribution in [0.1, 0.15) is 58.8 Å². The highest BCUT2D eigenvalue weighted by atomic mass is 15.2. The van der Waals surface area contributed by atoms with Crippen molar-refractivity contribution in [1.29, 1.82) is 0 Å². The van der Waals surface area contributed by atoms with E-state index >= 15 is 0 Å². The molecule has 0 aromatic carbocycles. The fraction of sp³-hybridized carbons (Fsp3) is 1.00. The Bertz CT molecular complexity index is 233. The molecule has 17 heavy (non-hydrogen) atoms. The van der Waals surface area contributed by atoms with Gasteiger partial charge in [-0.05, 0) is 51.5 Å². The maximum Gasteiger partial charge on any atom is 0.00962 e. The molecule has 0 amide bonds. The van der Waals surface area contributed by atoms with Gasteiger partial charge in [-0.3, -0.25) is 4.90 Å². The van der Waals surface area contributed by atoms with Crippen molar-refractivity contribution in [1.82, 2.24) is 10.2 Å². The molecule has 0 aromatic heterocycles. The molecule has 2 nitrogen and oxygen atoms in total. The van der Waals surface area contributed by atoms with Crippen molar-refractivity contribution in [2.45, 2.75) is 70.9 Å². The third-order valence-corrected chi connectivity index (χ3v) is 5.16. The van der Waals surface area contributed by atoms with E-state index in [1.54, 1.807) is 0 Å². The Morgan fingerprint density at radius 1 is 1.24 bits per heavy atom. The lowest BCUT2D eigenvalue weighted by molar-refractivity contribution is 0.109. The van der Waals surface area contributed by atoms with Gasteiger partial charge >= 0.3 is 0 Å². The van der Waals surface area contributed by atoms with E-state index in [-0.39, 0.29) is 0 Å². The van der Waals surface area contributed by atoms with Crippen LogP contribution in [0.25, 0.3) is 0 Å². The Morgan fingerprint density at radius 2 is 1.94 bits per heavy atom. The summed E-state index contributed by atoms with van der Waals surface area (Å²) in [7, 11) is 2.12. The van der Waals surface area contributed by atoms with Crippen molar-refractivity contribution in [2.24, 2.45) is 5.41 Å². The molecule has 2 heteroatoms. The van der Waals surface area contributed by atoms with E-state index < -0.39 is 0 Å². The fourth-order valence-electron chi connectivity index (χ4n) is 4.13. The first-order chi connectivity index (χ1) is 8.21. The largest absolute Gasteiger partial charge is 0.319 e. The van der Waals surface area contributed by atoms with E-state index in [9.17, 15) is 0 Å².